The molecule has 5 aromatic rings. The number of anilines is 1. The van der Waals surface area contributed by atoms with Crippen molar-refractivity contribution in [2.75, 3.05) is 38.7 Å². The lowest BCUT2D eigenvalue weighted by Crippen LogP contribution is -2.13. The number of nitrogens with zero attached hydrogens (tertiary/aromatic N) is 5. The van der Waals surface area contributed by atoms with Gasteiger partial charge in [-0.2, -0.15) is 5.26 Å². The highest BCUT2D eigenvalue weighted by molar-refractivity contribution is 7.23. The number of pyridine rings is 1. The number of imidazole rings is 2. The Morgan fingerprint density at radius 2 is 2.03 bits per heavy atom. The Morgan fingerprint density at radius 3 is 2.82 bits per heavy atom. The second kappa shape index (κ2) is 9.64. The smallest absolute Gasteiger partial charge is 0.195 e. The van der Waals surface area contributed by atoms with Gasteiger partial charge in [0.25, 0.3) is 0 Å². The van der Waals surface area contributed by atoms with E-state index < -0.39 is 0 Å². The third-order valence-electron chi connectivity index (χ3n) is 5.06. The highest BCUT2D eigenvalue weighted by Gasteiger charge is 2.18. The molecule has 0 unspecified atom stereocenters. The van der Waals surface area contributed by atoms with Gasteiger partial charge >= 0.3 is 0 Å². The van der Waals surface area contributed by atoms with E-state index in [1.54, 1.807) is 23.5 Å². The number of halogens is 1. The van der Waals surface area contributed by atoms with E-state index in [0.29, 0.717) is 37.6 Å². The third kappa shape index (κ3) is 4.19. The largest absolute Gasteiger partial charge is 0.491 e. The molecule has 9 nitrogen and oxygen atoms in total. The molecule has 3 N–H and O–H groups in total. The molecule has 0 saturated heterocycles. The molecule has 1 aromatic carbocycles. The minimum atomic E-state index is 0. The molecule has 170 valence electrons. The van der Waals surface area contributed by atoms with Crippen LogP contribution in [0.15, 0.2) is 42.7 Å². The third-order valence-corrected chi connectivity index (χ3v) is 6.09. The maximum absolute atomic E-state index is 9.19. The summed E-state index contributed by atoms with van der Waals surface area (Å²) < 4.78 is 16.3. The molecule has 0 amide bonds. The van der Waals surface area contributed by atoms with E-state index >= 15 is 0 Å². The number of aromatic nitrogens is 4. The summed E-state index contributed by atoms with van der Waals surface area (Å²) in [5.74, 6) is 1.59. The van der Waals surface area contributed by atoms with Crippen LogP contribution in [0, 0.1) is 11.3 Å². The SMILES string of the molecule is CNc1c(-c2cn3c(n2)sc2ccc(OCCOCCN)cc23)nc2cc(C#N)ccn12.Cl. The molecule has 0 aliphatic carbocycles. The van der Waals surface area contributed by atoms with Crippen LogP contribution in [-0.2, 0) is 4.74 Å². The number of hydrogen-bond acceptors (Lipinski definition) is 8. The zero-order valence-electron chi connectivity index (χ0n) is 17.8. The number of nitrogens with one attached hydrogen (secondary N) is 1. The molecule has 0 bridgehead atoms. The fourth-order valence-corrected chi connectivity index (χ4v) is 4.61. The van der Waals surface area contributed by atoms with Gasteiger partial charge in [0.05, 0.1) is 35.1 Å². The number of nitriles is 1. The second-order valence-electron chi connectivity index (χ2n) is 7.07. The Bertz CT molecular complexity index is 1470. The molecule has 4 aromatic heterocycles. The van der Waals surface area contributed by atoms with Crippen molar-refractivity contribution < 1.29 is 9.47 Å². The minimum Gasteiger partial charge on any atom is -0.491 e. The Morgan fingerprint density at radius 1 is 1.15 bits per heavy atom. The summed E-state index contributed by atoms with van der Waals surface area (Å²) >= 11 is 1.61. The average molecular weight is 484 g/mol. The summed E-state index contributed by atoms with van der Waals surface area (Å²) in [6, 6.07) is 11.7. The van der Waals surface area contributed by atoms with Crippen molar-refractivity contribution in [3.05, 3.63) is 48.3 Å². The molecular formula is C22H22ClN7O2S. The fourth-order valence-electron chi connectivity index (χ4n) is 3.62. The zero-order chi connectivity index (χ0) is 22.1. The van der Waals surface area contributed by atoms with E-state index in [-0.39, 0.29) is 12.4 Å². The molecule has 0 spiro atoms. The molecule has 0 aliphatic rings. The van der Waals surface area contributed by atoms with Crippen LogP contribution in [0.5, 0.6) is 5.75 Å². The van der Waals surface area contributed by atoms with Gasteiger partial charge in [0.15, 0.2) is 4.96 Å². The van der Waals surface area contributed by atoms with Gasteiger partial charge in [0.2, 0.25) is 0 Å². The quantitative estimate of drug-likeness (QED) is 0.324. The number of thiazole rings is 1. The van der Waals surface area contributed by atoms with Crippen molar-refractivity contribution in [1.29, 1.82) is 5.26 Å². The fraction of sp³-hybridized carbons (Fsp3) is 0.227. The topological polar surface area (TPSA) is 115 Å². The summed E-state index contributed by atoms with van der Waals surface area (Å²) in [6.07, 6.45) is 3.82. The summed E-state index contributed by atoms with van der Waals surface area (Å²) in [6.45, 7) is 1.99. The van der Waals surface area contributed by atoms with E-state index in [1.165, 1.54) is 0 Å². The maximum atomic E-state index is 9.19. The van der Waals surface area contributed by atoms with Gasteiger partial charge in [-0.3, -0.25) is 8.80 Å². The van der Waals surface area contributed by atoms with Crippen LogP contribution in [-0.4, -0.2) is 52.2 Å². The average Bonchev–Trinajstić information content (AvgIpc) is 3.48. The number of fused-ring (bicyclic) bond motifs is 4. The van der Waals surface area contributed by atoms with Crippen molar-refractivity contribution in [2.24, 2.45) is 5.73 Å². The molecule has 33 heavy (non-hydrogen) atoms. The number of ether oxygens (including phenoxy) is 2. The molecule has 0 fully saturated rings. The van der Waals surface area contributed by atoms with E-state index in [2.05, 4.69) is 15.8 Å². The monoisotopic (exact) mass is 483 g/mol. The molecular weight excluding hydrogens is 462 g/mol. The molecule has 0 aliphatic heterocycles. The Balaban J connectivity index is 0.00000259. The van der Waals surface area contributed by atoms with Crippen LogP contribution < -0.4 is 15.8 Å². The molecule has 5 rings (SSSR count). The highest BCUT2D eigenvalue weighted by atomic mass is 35.5. The molecule has 4 heterocycles. The van der Waals surface area contributed by atoms with E-state index in [9.17, 15) is 5.26 Å². The number of nitrogens with two attached hydrogens (primary N) is 1. The van der Waals surface area contributed by atoms with Crippen LogP contribution in [0.4, 0.5) is 5.82 Å². The lowest BCUT2D eigenvalue weighted by atomic mass is 10.3. The summed E-state index contributed by atoms with van der Waals surface area (Å²) in [4.78, 5) is 10.4. The molecule has 11 heteroatoms. The molecule has 0 saturated carbocycles. The molecule has 0 radical (unpaired) electrons. The zero-order valence-corrected chi connectivity index (χ0v) is 19.4. The first-order valence-corrected chi connectivity index (χ1v) is 11.0. The standard InChI is InChI=1S/C22H21N7O2S.ClH/c1-25-21-20(27-19-10-14(12-24)4-6-28(19)21)16-13-29-17-11-15(31-9-8-30-7-5-23)2-3-18(17)32-22(29)26-16;/h2-4,6,10-11,13,25H,5,7-9,23H2,1H3;1H. The van der Waals surface area contributed by atoms with E-state index in [4.69, 9.17) is 25.2 Å². The van der Waals surface area contributed by atoms with E-state index in [1.807, 2.05) is 42.0 Å². The number of rotatable bonds is 8. The van der Waals surface area contributed by atoms with Gasteiger partial charge in [-0.1, -0.05) is 11.3 Å². The Kier molecular flexibility index (Phi) is 6.67. The summed E-state index contributed by atoms with van der Waals surface area (Å²) in [7, 11) is 1.85. The number of benzene rings is 1. The lowest BCUT2D eigenvalue weighted by molar-refractivity contribution is 0.106. The van der Waals surface area contributed by atoms with Crippen LogP contribution in [0.3, 0.4) is 0 Å². The van der Waals surface area contributed by atoms with Crippen LogP contribution >= 0.6 is 23.7 Å². The predicted molar refractivity (Wildman–Crippen MR) is 132 cm³/mol. The van der Waals surface area contributed by atoms with Gasteiger partial charge in [-0.25, -0.2) is 9.97 Å². The van der Waals surface area contributed by atoms with Crippen molar-refractivity contribution in [3.8, 4) is 23.2 Å². The second-order valence-corrected chi connectivity index (χ2v) is 8.08. The van der Waals surface area contributed by atoms with Crippen molar-refractivity contribution in [3.63, 3.8) is 0 Å². The predicted octanol–water partition coefficient (Wildman–Crippen LogP) is 3.55. The normalized spacial score (nSPS) is 11.1. The van der Waals surface area contributed by atoms with Crippen molar-refractivity contribution in [2.45, 2.75) is 0 Å². The van der Waals surface area contributed by atoms with Crippen LogP contribution in [0.25, 0.3) is 32.2 Å². The van der Waals surface area contributed by atoms with Gasteiger partial charge in [0, 0.05) is 32.1 Å². The first-order valence-electron chi connectivity index (χ1n) is 10.1. The van der Waals surface area contributed by atoms with E-state index in [0.717, 1.165) is 38.1 Å². The Labute approximate surface area is 199 Å². The van der Waals surface area contributed by atoms with Crippen molar-refractivity contribution in [1.82, 2.24) is 18.8 Å². The maximum Gasteiger partial charge on any atom is 0.195 e. The first-order chi connectivity index (χ1) is 15.7. The summed E-state index contributed by atoms with van der Waals surface area (Å²) in [5, 5.41) is 12.4. The number of hydrogen-bond donors (Lipinski definition) is 2. The minimum absolute atomic E-state index is 0. The van der Waals surface area contributed by atoms with Gasteiger partial charge < -0.3 is 20.5 Å². The molecule has 0 atom stereocenters. The van der Waals surface area contributed by atoms with Crippen LogP contribution in [0.1, 0.15) is 5.56 Å². The van der Waals surface area contributed by atoms with Gasteiger partial charge in [0.1, 0.15) is 35.2 Å². The van der Waals surface area contributed by atoms with Gasteiger partial charge in [-0.05, 0) is 24.3 Å². The van der Waals surface area contributed by atoms with Crippen molar-refractivity contribution >= 4 is 50.4 Å². The van der Waals surface area contributed by atoms with Crippen LogP contribution in [0.2, 0.25) is 0 Å². The highest BCUT2D eigenvalue weighted by Crippen LogP contribution is 2.34. The lowest BCUT2D eigenvalue weighted by Gasteiger charge is -2.06. The summed E-state index contributed by atoms with van der Waals surface area (Å²) in [5.41, 5.74) is 9.19. The van der Waals surface area contributed by atoms with Gasteiger partial charge in [-0.15, -0.1) is 12.4 Å². The first kappa shape index (κ1) is 22.8. The Hall–Kier alpha value is -3.36.